The number of fused-ring (bicyclic) bond motifs is 2. The first kappa shape index (κ1) is 50.1. The molecule has 1 saturated carbocycles. The number of halogens is 4. The molecule has 0 bridgehead atoms. The molecule has 2 aromatic heterocycles. The number of hydrogen-bond donors (Lipinski definition) is 3. The third kappa shape index (κ3) is 12.3. The molecule has 370 valence electrons. The number of benzene rings is 4. The molecule has 16 nitrogen and oxygen atoms in total. The van der Waals surface area contributed by atoms with Gasteiger partial charge in [-0.3, -0.25) is 14.5 Å². The summed E-state index contributed by atoms with van der Waals surface area (Å²) in [5, 5.41) is 7.84. The van der Waals surface area contributed by atoms with Crippen LogP contribution >= 0.6 is 23.2 Å². The summed E-state index contributed by atoms with van der Waals surface area (Å²) in [6.07, 6.45) is 9.43. The largest absolute Gasteiger partial charge is 0.493 e. The second-order valence-electron chi connectivity index (χ2n) is 17.4. The highest BCUT2D eigenvalue weighted by molar-refractivity contribution is 6.31. The SMILES string of the molecule is COc1cc2ncnc(Nc3ccc(F)c(Cl)c3)c2cc1OC1CCN(CC(N)=O)CC1.COc1cc2ncnc(Nc3ccc(F)c(Cl)c3)c2cc1O[C@H]1CC[C@@H](N(C)C(=O)C2CCOCC2)CC1. The zero-order chi connectivity index (χ0) is 49.3. The lowest BCUT2D eigenvalue weighted by Crippen LogP contribution is -2.44. The number of ether oxygens (including phenoxy) is 5. The van der Waals surface area contributed by atoms with Gasteiger partial charge in [-0.25, -0.2) is 28.7 Å². The molecule has 6 aromatic rings. The van der Waals surface area contributed by atoms with E-state index in [-0.39, 0.29) is 52.6 Å². The third-order valence-electron chi connectivity index (χ3n) is 12.8. The maximum absolute atomic E-state index is 13.6. The molecule has 20 heteroatoms. The van der Waals surface area contributed by atoms with Crippen molar-refractivity contribution in [3.8, 4) is 23.0 Å². The zero-order valence-corrected chi connectivity index (χ0v) is 40.6. The average Bonchev–Trinajstić information content (AvgIpc) is 3.37. The van der Waals surface area contributed by atoms with Gasteiger partial charge in [0.1, 0.15) is 42.0 Å². The normalized spacial score (nSPS) is 17.8. The maximum atomic E-state index is 13.6. The average molecular weight is 1000 g/mol. The minimum Gasteiger partial charge on any atom is -0.493 e. The molecule has 70 heavy (non-hydrogen) atoms. The number of amides is 2. The summed E-state index contributed by atoms with van der Waals surface area (Å²) >= 11 is 11.8. The molecule has 4 aromatic carbocycles. The fourth-order valence-electron chi connectivity index (χ4n) is 8.98. The second-order valence-corrected chi connectivity index (χ2v) is 18.3. The van der Waals surface area contributed by atoms with Crippen LogP contribution in [0.2, 0.25) is 10.0 Å². The van der Waals surface area contributed by atoms with Crippen molar-refractivity contribution >= 4 is 79.8 Å². The van der Waals surface area contributed by atoms with Crippen molar-refractivity contribution in [1.82, 2.24) is 29.7 Å². The van der Waals surface area contributed by atoms with E-state index in [1.54, 1.807) is 32.4 Å². The quantitative estimate of drug-likeness (QED) is 0.0937. The highest BCUT2D eigenvalue weighted by Gasteiger charge is 2.32. The number of piperidine rings is 1. The van der Waals surface area contributed by atoms with E-state index in [1.807, 2.05) is 35.0 Å². The summed E-state index contributed by atoms with van der Waals surface area (Å²) in [5.41, 5.74) is 7.82. The smallest absolute Gasteiger partial charge is 0.231 e. The van der Waals surface area contributed by atoms with Crippen LogP contribution in [0.1, 0.15) is 51.4 Å². The Balaban J connectivity index is 0.000000191. The van der Waals surface area contributed by atoms with Crippen molar-refractivity contribution in [3.05, 3.63) is 95.0 Å². The van der Waals surface area contributed by atoms with Gasteiger partial charge in [-0.1, -0.05) is 23.2 Å². The Labute approximate surface area is 414 Å². The molecule has 0 unspecified atom stereocenters. The number of likely N-dealkylation sites (tertiary alicyclic amines) is 1. The van der Waals surface area contributed by atoms with Crippen molar-refractivity contribution in [1.29, 1.82) is 0 Å². The molecule has 3 aliphatic rings. The molecule has 0 atom stereocenters. The zero-order valence-electron chi connectivity index (χ0n) is 39.1. The van der Waals surface area contributed by atoms with Gasteiger partial charge in [0.05, 0.1) is 47.9 Å². The topological polar surface area (TPSA) is 188 Å². The van der Waals surface area contributed by atoms with Crippen LogP contribution in [-0.4, -0.2) is 114 Å². The molecule has 4 N–H and O–H groups in total. The van der Waals surface area contributed by atoms with Crippen LogP contribution in [-0.2, 0) is 14.3 Å². The lowest BCUT2D eigenvalue weighted by atomic mass is 9.90. The number of nitrogens with zero attached hydrogens (tertiary/aromatic N) is 6. The van der Waals surface area contributed by atoms with Crippen LogP contribution in [0.5, 0.6) is 23.0 Å². The van der Waals surface area contributed by atoms with E-state index in [2.05, 4.69) is 30.6 Å². The summed E-state index contributed by atoms with van der Waals surface area (Å²) < 4.78 is 56.3. The summed E-state index contributed by atoms with van der Waals surface area (Å²) in [7, 11) is 5.10. The lowest BCUT2D eigenvalue weighted by molar-refractivity contribution is -0.140. The van der Waals surface area contributed by atoms with E-state index in [9.17, 15) is 18.4 Å². The van der Waals surface area contributed by atoms with E-state index in [0.717, 1.165) is 75.2 Å². The van der Waals surface area contributed by atoms with Crippen LogP contribution in [0.4, 0.5) is 31.8 Å². The molecule has 2 aliphatic heterocycles. The Bertz CT molecular complexity index is 2810. The molecular formula is C50H55Cl2F2N9O7. The molecule has 4 heterocycles. The van der Waals surface area contributed by atoms with Crippen molar-refractivity contribution in [2.75, 3.05) is 64.7 Å². The van der Waals surface area contributed by atoms with E-state index in [0.29, 0.717) is 70.3 Å². The number of anilines is 4. The van der Waals surface area contributed by atoms with Crippen LogP contribution in [0.15, 0.2) is 73.3 Å². The van der Waals surface area contributed by atoms with Crippen LogP contribution in [0, 0.1) is 17.6 Å². The molecule has 2 saturated heterocycles. The summed E-state index contributed by atoms with van der Waals surface area (Å²) in [6, 6.07) is 16.3. The number of hydrogen-bond acceptors (Lipinski definition) is 14. The lowest BCUT2D eigenvalue weighted by Gasteiger charge is -2.37. The number of primary amides is 1. The number of aromatic nitrogens is 4. The van der Waals surface area contributed by atoms with Gasteiger partial charge in [0.2, 0.25) is 11.8 Å². The molecule has 9 rings (SSSR count). The number of carbonyl (C=O) groups excluding carboxylic acids is 2. The highest BCUT2D eigenvalue weighted by Crippen LogP contribution is 2.39. The minimum atomic E-state index is -0.493. The third-order valence-corrected chi connectivity index (χ3v) is 13.4. The van der Waals surface area contributed by atoms with Gasteiger partial charge in [0.25, 0.3) is 0 Å². The summed E-state index contributed by atoms with van der Waals surface area (Å²) in [6.45, 7) is 3.04. The van der Waals surface area contributed by atoms with Crippen molar-refractivity contribution < 1.29 is 42.1 Å². The molecular weight excluding hydrogens is 948 g/mol. The minimum absolute atomic E-state index is 0.00104. The molecule has 3 fully saturated rings. The van der Waals surface area contributed by atoms with Crippen molar-refractivity contribution in [3.63, 3.8) is 0 Å². The standard InChI is InChI=1S/C28H32ClFN4O4.C22H23ClFN5O3/c1-34(28(35)17-9-11-37-12-10-17)19-4-6-20(7-5-19)38-26-14-21-24(15-25(26)36-2)31-16-32-27(21)33-18-3-8-23(30)22(29)13-18;1-31-19-10-18-15(9-20(19)32-14-4-6-29(7-5-14)11-21(25)30)22(27-12-26-18)28-13-2-3-17(24)16(23)8-13/h3,8,13-17,19-20H,4-7,9-12H2,1-2H3,(H,31,32,33);2-3,8-10,12,14H,4-7,11H2,1H3,(H2,25,30)(H,26,27,28)/t19-,20+;. The summed E-state index contributed by atoms with van der Waals surface area (Å²) in [4.78, 5) is 45.5. The van der Waals surface area contributed by atoms with Crippen molar-refractivity contribution in [2.45, 2.75) is 69.6 Å². The van der Waals surface area contributed by atoms with E-state index in [4.69, 9.17) is 52.6 Å². The van der Waals surface area contributed by atoms with Crippen LogP contribution in [0.3, 0.4) is 0 Å². The Morgan fingerprint density at radius 3 is 1.64 bits per heavy atom. The van der Waals surface area contributed by atoms with Gasteiger partial charge >= 0.3 is 0 Å². The number of nitrogens with one attached hydrogen (secondary N) is 2. The number of nitrogens with two attached hydrogens (primary N) is 1. The van der Waals surface area contributed by atoms with E-state index < -0.39 is 11.6 Å². The van der Waals surface area contributed by atoms with Gasteiger partial charge in [0.15, 0.2) is 23.0 Å². The predicted molar refractivity (Wildman–Crippen MR) is 264 cm³/mol. The fraction of sp³-hybridized carbons (Fsp3) is 0.400. The highest BCUT2D eigenvalue weighted by atomic mass is 35.5. The van der Waals surface area contributed by atoms with E-state index >= 15 is 0 Å². The monoisotopic (exact) mass is 1000 g/mol. The Morgan fingerprint density at radius 1 is 0.700 bits per heavy atom. The molecule has 2 amide bonds. The Kier molecular flexibility index (Phi) is 16.5. The molecule has 1 aliphatic carbocycles. The molecule has 0 radical (unpaired) electrons. The van der Waals surface area contributed by atoms with Crippen LogP contribution in [0.25, 0.3) is 21.8 Å². The molecule has 0 spiro atoms. The van der Waals surface area contributed by atoms with Gasteiger partial charge in [-0.2, -0.15) is 0 Å². The van der Waals surface area contributed by atoms with Gasteiger partial charge in [0, 0.05) is 79.6 Å². The number of rotatable bonds is 14. The first-order valence-corrected chi connectivity index (χ1v) is 23.9. The Hall–Kier alpha value is -6.34. The predicted octanol–water partition coefficient (Wildman–Crippen LogP) is 9.25. The van der Waals surface area contributed by atoms with Gasteiger partial charge in [-0.05, 0) is 99.9 Å². The van der Waals surface area contributed by atoms with Crippen molar-refractivity contribution in [2.24, 2.45) is 11.7 Å². The number of carbonyl (C=O) groups is 2. The first-order chi connectivity index (χ1) is 33.8. The first-order valence-electron chi connectivity index (χ1n) is 23.1. The number of methoxy groups -OCH3 is 2. The fourth-order valence-corrected chi connectivity index (χ4v) is 9.34. The van der Waals surface area contributed by atoms with Gasteiger partial charge < -0.3 is 45.0 Å². The van der Waals surface area contributed by atoms with Gasteiger partial charge in [-0.15, -0.1) is 0 Å². The maximum Gasteiger partial charge on any atom is 0.231 e. The second kappa shape index (κ2) is 23.1. The Morgan fingerprint density at radius 2 is 1.19 bits per heavy atom. The van der Waals surface area contributed by atoms with Crippen LogP contribution < -0.4 is 35.3 Å². The van der Waals surface area contributed by atoms with E-state index in [1.165, 1.54) is 36.9 Å². The summed E-state index contributed by atoms with van der Waals surface area (Å²) in [5.74, 6) is 2.38.